The third kappa shape index (κ3) is 3.86. The van der Waals surface area contributed by atoms with Gasteiger partial charge in [0.2, 0.25) is 5.91 Å². The molecule has 0 aromatic carbocycles. The quantitative estimate of drug-likeness (QED) is 0.855. The van der Waals surface area contributed by atoms with Crippen LogP contribution in [-0.4, -0.2) is 61.5 Å². The van der Waals surface area contributed by atoms with Gasteiger partial charge in [0.05, 0.1) is 5.92 Å². The molecule has 1 aliphatic carbocycles. The van der Waals surface area contributed by atoms with Crippen LogP contribution in [0.2, 0.25) is 0 Å². The second kappa shape index (κ2) is 7.62. The van der Waals surface area contributed by atoms with Gasteiger partial charge in [-0.25, -0.2) is 0 Å². The van der Waals surface area contributed by atoms with Crippen LogP contribution >= 0.6 is 12.4 Å². The van der Waals surface area contributed by atoms with Gasteiger partial charge in [-0.15, -0.1) is 12.4 Å². The average molecular weight is 302 g/mol. The van der Waals surface area contributed by atoms with E-state index in [0.717, 1.165) is 45.2 Å². The highest BCUT2D eigenvalue weighted by Gasteiger charge is 2.31. The Morgan fingerprint density at radius 3 is 2.20 bits per heavy atom. The zero-order chi connectivity index (χ0) is 13.1. The highest BCUT2D eigenvalue weighted by atomic mass is 35.5. The van der Waals surface area contributed by atoms with E-state index in [4.69, 9.17) is 0 Å². The number of rotatable bonds is 3. The summed E-state index contributed by atoms with van der Waals surface area (Å²) in [7, 11) is 0. The lowest BCUT2D eigenvalue weighted by Crippen LogP contribution is -2.56. The fraction of sp³-hybridized carbons (Fsp3) is 0.933. The van der Waals surface area contributed by atoms with Crippen LogP contribution in [0.3, 0.4) is 0 Å². The van der Waals surface area contributed by atoms with Crippen molar-refractivity contribution in [1.29, 1.82) is 0 Å². The number of piperazine rings is 1. The summed E-state index contributed by atoms with van der Waals surface area (Å²) in [5.74, 6) is 1.58. The van der Waals surface area contributed by atoms with Gasteiger partial charge in [0.15, 0.2) is 0 Å². The van der Waals surface area contributed by atoms with Gasteiger partial charge < -0.3 is 10.2 Å². The largest absolute Gasteiger partial charge is 0.340 e. The molecule has 1 saturated carbocycles. The first kappa shape index (κ1) is 16.1. The predicted octanol–water partition coefficient (Wildman–Crippen LogP) is 1.35. The minimum absolute atomic E-state index is 0. The summed E-state index contributed by atoms with van der Waals surface area (Å²) in [6, 6.07) is 0. The van der Waals surface area contributed by atoms with Gasteiger partial charge in [0, 0.05) is 45.8 Å². The first-order valence-corrected chi connectivity index (χ1v) is 8.05. The normalized spacial score (nSPS) is 25.9. The fourth-order valence-electron chi connectivity index (χ4n) is 3.61. The number of carbonyl (C=O) groups is 1. The average Bonchev–Trinajstić information content (AvgIpc) is 2.39. The number of halogens is 1. The van der Waals surface area contributed by atoms with Crippen molar-refractivity contribution in [3.05, 3.63) is 0 Å². The van der Waals surface area contributed by atoms with E-state index in [1.54, 1.807) is 0 Å². The van der Waals surface area contributed by atoms with E-state index in [0.29, 0.717) is 5.91 Å². The van der Waals surface area contributed by atoms with Crippen molar-refractivity contribution < 1.29 is 4.79 Å². The second-order valence-corrected chi connectivity index (χ2v) is 6.49. The molecule has 4 nitrogen and oxygen atoms in total. The Morgan fingerprint density at radius 1 is 1.00 bits per heavy atom. The lowest BCUT2D eigenvalue weighted by Gasteiger charge is -2.39. The molecule has 0 spiro atoms. The van der Waals surface area contributed by atoms with Crippen LogP contribution in [0.25, 0.3) is 0 Å². The van der Waals surface area contributed by atoms with Crippen molar-refractivity contribution in [2.45, 2.75) is 32.1 Å². The van der Waals surface area contributed by atoms with Crippen molar-refractivity contribution >= 4 is 18.3 Å². The van der Waals surface area contributed by atoms with E-state index in [-0.39, 0.29) is 18.3 Å². The highest BCUT2D eigenvalue weighted by Crippen LogP contribution is 2.24. The van der Waals surface area contributed by atoms with Crippen molar-refractivity contribution in [2.24, 2.45) is 11.8 Å². The first-order valence-electron chi connectivity index (χ1n) is 8.05. The summed E-state index contributed by atoms with van der Waals surface area (Å²) in [5.41, 5.74) is 0. The van der Waals surface area contributed by atoms with Crippen molar-refractivity contribution in [1.82, 2.24) is 15.1 Å². The summed E-state index contributed by atoms with van der Waals surface area (Å²) in [6.07, 6.45) is 7.14. The molecule has 3 rings (SSSR count). The van der Waals surface area contributed by atoms with Crippen LogP contribution in [0.15, 0.2) is 0 Å². The molecule has 0 aromatic heterocycles. The molecule has 2 aliphatic heterocycles. The standard InChI is InChI=1S/C15H27N3O.ClH/c19-15(14-10-16-11-14)18-8-6-17(7-9-18)12-13-4-2-1-3-5-13;/h13-14,16H,1-12H2;1H. The number of hydrogen-bond donors (Lipinski definition) is 1. The number of nitrogens with zero attached hydrogens (tertiary/aromatic N) is 2. The Bertz CT molecular complexity index is 308. The highest BCUT2D eigenvalue weighted by molar-refractivity contribution is 5.85. The van der Waals surface area contributed by atoms with E-state index in [1.807, 2.05) is 0 Å². The maximum absolute atomic E-state index is 12.1. The van der Waals surface area contributed by atoms with Gasteiger partial charge in [0.25, 0.3) is 0 Å². The van der Waals surface area contributed by atoms with Gasteiger partial charge in [-0.2, -0.15) is 0 Å². The summed E-state index contributed by atoms with van der Waals surface area (Å²) in [6.45, 7) is 7.12. The van der Waals surface area contributed by atoms with E-state index < -0.39 is 0 Å². The zero-order valence-corrected chi connectivity index (χ0v) is 13.2. The van der Waals surface area contributed by atoms with Crippen molar-refractivity contribution in [3.8, 4) is 0 Å². The number of carbonyl (C=O) groups excluding carboxylic acids is 1. The topological polar surface area (TPSA) is 35.6 Å². The molecule has 116 valence electrons. The minimum atomic E-state index is 0. The number of amides is 1. The lowest BCUT2D eigenvalue weighted by molar-refractivity contribution is -0.138. The molecule has 0 atom stereocenters. The Kier molecular flexibility index (Phi) is 6.12. The van der Waals surface area contributed by atoms with Crippen molar-refractivity contribution in [3.63, 3.8) is 0 Å². The molecular formula is C15H28ClN3O. The monoisotopic (exact) mass is 301 g/mol. The zero-order valence-electron chi connectivity index (χ0n) is 12.4. The van der Waals surface area contributed by atoms with Crippen LogP contribution < -0.4 is 5.32 Å². The first-order chi connectivity index (χ1) is 9.33. The molecule has 3 fully saturated rings. The lowest BCUT2D eigenvalue weighted by atomic mass is 9.89. The van der Waals surface area contributed by atoms with Gasteiger partial charge in [-0.1, -0.05) is 19.3 Å². The maximum Gasteiger partial charge on any atom is 0.228 e. The molecule has 1 amide bonds. The van der Waals surface area contributed by atoms with Crippen LogP contribution in [0, 0.1) is 11.8 Å². The Morgan fingerprint density at radius 2 is 1.65 bits per heavy atom. The Balaban J connectivity index is 0.00000147. The van der Waals surface area contributed by atoms with E-state index in [2.05, 4.69) is 15.1 Å². The summed E-state index contributed by atoms with van der Waals surface area (Å²) >= 11 is 0. The van der Waals surface area contributed by atoms with Gasteiger partial charge >= 0.3 is 0 Å². The van der Waals surface area contributed by atoms with Gasteiger partial charge in [-0.3, -0.25) is 9.69 Å². The fourth-order valence-corrected chi connectivity index (χ4v) is 3.61. The number of hydrogen-bond acceptors (Lipinski definition) is 3. The Labute approximate surface area is 128 Å². The van der Waals surface area contributed by atoms with Gasteiger partial charge in [-0.05, 0) is 18.8 Å². The minimum Gasteiger partial charge on any atom is -0.340 e. The SMILES string of the molecule is Cl.O=C(C1CNC1)N1CCN(CC2CCCCC2)CC1. The van der Waals surface area contributed by atoms with E-state index in [1.165, 1.54) is 38.6 Å². The van der Waals surface area contributed by atoms with Crippen LogP contribution in [-0.2, 0) is 4.79 Å². The van der Waals surface area contributed by atoms with Crippen LogP contribution in [0.1, 0.15) is 32.1 Å². The molecule has 0 radical (unpaired) electrons. The molecule has 1 N–H and O–H groups in total. The maximum atomic E-state index is 12.1. The summed E-state index contributed by atoms with van der Waals surface area (Å²) in [4.78, 5) is 16.8. The molecule has 2 heterocycles. The molecule has 5 heteroatoms. The molecule has 20 heavy (non-hydrogen) atoms. The van der Waals surface area contributed by atoms with Crippen LogP contribution in [0.5, 0.6) is 0 Å². The van der Waals surface area contributed by atoms with Crippen LogP contribution in [0.4, 0.5) is 0 Å². The summed E-state index contributed by atoms with van der Waals surface area (Å²) in [5, 5.41) is 3.19. The third-order valence-electron chi connectivity index (χ3n) is 5.06. The molecule has 2 saturated heterocycles. The van der Waals surface area contributed by atoms with Gasteiger partial charge in [0.1, 0.15) is 0 Å². The molecule has 0 aromatic rings. The molecule has 3 aliphatic rings. The molecular weight excluding hydrogens is 274 g/mol. The predicted molar refractivity (Wildman–Crippen MR) is 83.2 cm³/mol. The third-order valence-corrected chi connectivity index (χ3v) is 5.06. The Hall–Kier alpha value is -0.320. The van der Waals surface area contributed by atoms with E-state index in [9.17, 15) is 4.79 Å². The van der Waals surface area contributed by atoms with Crippen molar-refractivity contribution in [2.75, 3.05) is 45.8 Å². The smallest absolute Gasteiger partial charge is 0.228 e. The second-order valence-electron chi connectivity index (χ2n) is 6.49. The number of nitrogens with one attached hydrogen (secondary N) is 1. The molecule has 0 unspecified atom stereocenters. The molecule has 0 bridgehead atoms. The summed E-state index contributed by atoms with van der Waals surface area (Å²) < 4.78 is 0. The van der Waals surface area contributed by atoms with E-state index >= 15 is 0 Å².